The van der Waals surface area contributed by atoms with Gasteiger partial charge in [-0.05, 0) is 24.0 Å². The SMILES string of the molecule is CC(=O)O[C@@H]1[C@@H](C(Br)Cc2ccccc2)NC(=O)N(C)[C@@H]1Cc1ccccc1. The van der Waals surface area contributed by atoms with Gasteiger partial charge in [0.25, 0.3) is 0 Å². The summed E-state index contributed by atoms with van der Waals surface area (Å²) >= 11 is 3.74. The summed E-state index contributed by atoms with van der Waals surface area (Å²) in [7, 11) is 1.75. The fourth-order valence-electron chi connectivity index (χ4n) is 3.65. The molecule has 0 aliphatic carbocycles. The van der Waals surface area contributed by atoms with Crippen LogP contribution in [-0.4, -0.2) is 47.0 Å². The van der Waals surface area contributed by atoms with E-state index in [-0.39, 0.29) is 28.9 Å². The Labute approximate surface area is 174 Å². The van der Waals surface area contributed by atoms with Gasteiger partial charge < -0.3 is 15.0 Å². The highest BCUT2D eigenvalue weighted by molar-refractivity contribution is 9.09. The van der Waals surface area contributed by atoms with Crippen molar-refractivity contribution in [3.05, 3.63) is 71.8 Å². The molecule has 1 unspecified atom stereocenters. The summed E-state index contributed by atoms with van der Waals surface area (Å²) in [5, 5.41) is 3.02. The summed E-state index contributed by atoms with van der Waals surface area (Å²) in [6, 6.07) is 19.3. The highest BCUT2D eigenvalue weighted by atomic mass is 79.9. The summed E-state index contributed by atoms with van der Waals surface area (Å²) in [4.78, 5) is 26.1. The lowest BCUT2D eigenvalue weighted by molar-refractivity contribution is -0.152. The van der Waals surface area contributed by atoms with Crippen molar-refractivity contribution < 1.29 is 14.3 Å². The zero-order chi connectivity index (χ0) is 20.1. The van der Waals surface area contributed by atoms with Crippen molar-refractivity contribution in [3.8, 4) is 0 Å². The van der Waals surface area contributed by atoms with Gasteiger partial charge in [-0.1, -0.05) is 76.6 Å². The number of halogens is 1. The van der Waals surface area contributed by atoms with E-state index in [4.69, 9.17) is 4.74 Å². The van der Waals surface area contributed by atoms with E-state index in [1.165, 1.54) is 6.92 Å². The number of esters is 1. The first-order valence-electron chi connectivity index (χ1n) is 9.38. The summed E-state index contributed by atoms with van der Waals surface area (Å²) in [5.41, 5.74) is 2.25. The van der Waals surface area contributed by atoms with Gasteiger partial charge in [0.1, 0.15) is 6.10 Å². The van der Waals surface area contributed by atoms with Crippen molar-refractivity contribution in [2.24, 2.45) is 0 Å². The Morgan fingerprint density at radius 1 is 1.11 bits per heavy atom. The van der Waals surface area contributed by atoms with E-state index >= 15 is 0 Å². The van der Waals surface area contributed by atoms with Gasteiger partial charge in [-0.3, -0.25) is 4.79 Å². The second-order valence-electron chi connectivity index (χ2n) is 7.12. The van der Waals surface area contributed by atoms with Crippen molar-refractivity contribution in [2.45, 2.75) is 42.8 Å². The fourth-order valence-corrected chi connectivity index (χ4v) is 4.46. The maximum absolute atomic E-state index is 12.6. The molecule has 0 spiro atoms. The number of likely N-dealkylation sites (N-methyl/N-ethyl adjacent to an activating group) is 1. The molecule has 2 aromatic rings. The first kappa shape index (κ1) is 20.4. The number of carbonyl (C=O) groups is 2. The Kier molecular flexibility index (Phi) is 6.73. The Balaban J connectivity index is 1.86. The third-order valence-electron chi connectivity index (χ3n) is 5.09. The average Bonchev–Trinajstić information content (AvgIpc) is 2.68. The van der Waals surface area contributed by atoms with Crippen LogP contribution in [0.25, 0.3) is 0 Å². The van der Waals surface area contributed by atoms with Crippen LogP contribution >= 0.6 is 15.9 Å². The lowest BCUT2D eigenvalue weighted by Crippen LogP contribution is -2.67. The Hall–Kier alpha value is -2.34. The van der Waals surface area contributed by atoms with Crippen molar-refractivity contribution in [3.63, 3.8) is 0 Å². The minimum Gasteiger partial charge on any atom is -0.458 e. The molecule has 1 aliphatic rings. The van der Waals surface area contributed by atoms with E-state index in [9.17, 15) is 9.59 Å². The molecule has 0 radical (unpaired) electrons. The first-order valence-corrected chi connectivity index (χ1v) is 10.3. The number of benzene rings is 2. The minimum absolute atomic E-state index is 0.0739. The first-order chi connectivity index (χ1) is 13.5. The van der Waals surface area contributed by atoms with Crippen LogP contribution in [0.4, 0.5) is 4.79 Å². The molecule has 28 heavy (non-hydrogen) atoms. The summed E-state index contributed by atoms with van der Waals surface area (Å²) in [6.45, 7) is 1.41. The van der Waals surface area contributed by atoms with Crippen molar-refractivity contribution in [1.29, 1.82) is 0 Å². The lowest BCUT2D eigenvalue weighted by Gasteiger charge is -2.45. The molecular formula is C22H25BrN2O3. The van der Waals surface area contributed by atoms with Crippen LogP contribution in [0.2, 0.25) is 0 Å². The zero-order valence-electron chi connectivity index (χ0n) is 16.0. The number of hydrogen-bond acceptors (Lipinski definition) is 3. The quantitative estimate of drug-likeness (QED) is 0.547. The Morgan fingerprint density at radius 3 is 2.25 bits per heavy atom. The van der Waals surface area contributed by atoms with Gasteiger partial charge in [0.2, 0.25) is 0 Å². The number of carbonyl (C=O) groups excluding carboxylic acids is 2. The number of alkyl halides is 1. The number of ether oxygens (including phenoxy) is 1. The van der Waals surface area contributed by atoms with Crippen molar-refractivity contribution in [1.82, 2.24) is 10.2 Å². The van der Waals surface area contributed by atoms with Crippen molar-refractivity contribution in [2.75, 3.05) is 7.05 Å². The third-order valence-corrected chi connectivity index (χ3v) is 5.99. The van der Waals surface area contributed by atoms with Gasteiger partial charge in [0.15, 0.2) is 0 Å². The largest absolute Gasteiger partial charge is 0.458 e. The normalized spacial score (nSPS) is 23.0. The molecule has 148 valence electrons. The molecule has 0 saturated carbocycles. The number of rotatable bonds is 6. The molecule has 3 rings (SSSR count). The molecule has 0 aromatic heterocycles. The van der Waals surface area contributed by atoms with Gasteiger partial charge >= 0.3 is 12.0 Å². The van der Waals surface area contributed by atoms with Crippen molar-refractivity contribution >= 4 is 27.9 Å². The van der Waals surface area contributed by atoms with Crippen LogP contribution in [0.1, 0.15) is 18.1 Å². The lowest BCUT2D eigenvalue weighted by atomic mass is 9.90. The second kappa shape index (κ2) is 9.24. The molecule has 1 aliphatic heterocycles. The predicted molar refractivity (Wildman–Crippen MR) is 112 cm³/mol. The number of urea groups is 1. The second-order valence-corrected chi connectivity index (χ2v) is 8.30. The van der Waals surface area contributed by atoms with E-state index in [2.05, 4.69) is 21.2 Å². The van der Waals surface area contributed by atoms with Gasteiger partial charge in [0.05, 0.1) is 12.1 Å². The van der Waals surface area contributed by atoms with Crippen LogP contribution in [0.5, 0.6) is 0 Å². The molecule has 4 atom stereocenters. The maximum Gasteiger partial charge on any atom is 0.317 e. The van der Waals surface area contributed by atoms with E-state index in [1.807, 2.05) is 60.7 Å². The highest BCUT2D eigenvalue weighted by Crippen LogP contribution is 2.27. The third kappa shape index (κ3) is 4.93. The van der Waals surface area contributed by atoms with Gasteiger partial charge in [0, 0.05) is 18.8 Å². The molecule has 0 bridgehead atoms. The number of nitrogens with zero attached hydrogens (tertiary/aromatic N) is 1. The van der Waals surface area contributed by atoms with Gasteiger partial charge in [-0.2, -0.15) is 0 Å². The summed E-state index contributed by atoms with van der Waals surface area (Å²) in [6.07, 6.45) is 0.865. The smallest absolute Gasteiger partial charge is 0.317 e. The van der Waals surface area contributed by atoms with E-state index in [1.54, 1.807) is 11.9 Å². The Morgan fingerprint density at radius 2 is 1.68 bits per heavy atom. The molecular weight excluding hydrogens is 420 g/mol. The van der Waals surface area contributed by atoms with Gasteiger partial charge in [-0.15, -0.1) is 0 Å². The minimum atomic E-state index is -0.464. The van der Waals surface area contributed by atoms with Crippen LogP contribution in [-0.2, 0) is 22.4 Å². The summed E-state index contributed by atoms with van der Waals surface area (Å²) in [5.74, 6) is -0.350. The molecule has 1 heterocycles. The number of amides is 2. The van der Waals surface area contributed by atoms with Crippen LogP contribution in [0.3, 0.4) is 0 Å². The predicted octanol–water partition coefficient (Wildman–Crippen LogP) is 3.56. The molecule has 6 heteroatoms. The topological polar surface area (TPSA) is 58.6 Å². The van der Waals surface area contributed by atoms with E-state index in [0.717, 1.165) is 11.1 Å². The molecule has 5 nitrogen and oxygen atoms in total. The standard InChI is InChI=1S/C22H25BrN2O3/c1-15(26)28-21-19(14-17-11-7-4-8-12-17)25(2)22(27)24-20(21)18(23)13-16-9-5-3-6-10-16/h3-12,18-21H,13-14H2,1-2H3,(H,24,27)/t18?,19-,20-,21+/m1/s1. The van der Waals surface area contributed by atoms with E-state index in [0.29, 0.717) is 12.8 Å². The summed E-state index contributed by atoms with van der Waals surface area (Å²) < 4.78 is 5.74. The monoisotopic (exact) mass is 444 g/mol. The average molecular weight is 445 g/mol. The Bertz CT molecular complexity index is 800. The molecule has 1 saturated heterocycles. The number of hydrogen-bond donors (Lipinski definition) is 1. The zero-order valence-corrected chi connectivity index (χ0v) is 17.6. The van der Waals surface area contributed by atoms with Gasteiger partial charge in [-0.25, -0.2) is 4.79 Å². The van der Waals surface area contributed by atoms with Crippen LogP contribution in [0, 0.1) is 0 Å². The number of nitrogens with one attached hydrogen (secondary N) is 1. The molecule has 1 N–H and O–H groups in total. The fraction of sp³-hybridized carbons (Fsp3) is 0.364. The molecule has 1 fully saturated rings. The molecule has 2 amide bonds. The molecule has 2 aromatic carbocycles. The van der Waals surface area contributed by atoms with E-state index < -0.39 is 6.10 Å². The maximum atomic E-state index is 12.6. The van der Waals surface area contributed by atoms with Crippen LogP contribution < -0.4 is 5.32 Å². The van der Waals surface area contributed by atoms with Crippen LogP contribution in [0.15, 0.2) is 60.7 Å². The highest BCUT2D eigenvalue weighted by Gasteiger charge is 2.45.